The van der Waals surface area contributed by atoms with Crippen molar-refractivity contribution in [3.8, 4) is 23.8 Å². The fraction of sp³-hybridized carbons (Fsp3) is 0.304. The fourth-order valence-electron chi connectivity index (χ4n) is 3.69. The van der Waals surface area contributed by atoms with E-state index in [4.69, 9.17) is 15.9 Å². The number of likely N-dealkylation sites (tertiary alicyclic amines) is 1. The first kappa shape index (κ1) is 21.7. The normalized spacial score (nSPS) is 18.2. The third-order valence-corrected chi connectivity index (χ3v) is 5.31. The second-order valence-electron chi connectivity index (χ2n) is 7.57. The van der Waals surface area contributed by atoms with Gasteiger partial charge in [0.1, 0.15) is 23.6 Å². The molecule has 0 bridgehead atoms. The summed E-state index contributed by atoms with van der Waals surface area (Å²) >= 11 is 0. The van der Waals surface area contributed by atoms with Crippen molar-refractivity contribution >= 4 is 22.4 Å². The van der Waals surface area contributed by atoms with E-state index in [1.807, 2.05) is 0 Å². The number of hydrogen-bond acceptors (Lipinski definition) is 6. The van der Waals surface area contributed by atoms with Gasteiger partial charge in [-0.15, -0.1) is 6.42 Å². The first-order valence-corrected chi connectivity index (χ1v) is 9.90. The quantitative estimate of drug-likeness (QED) is 0.597. The summed E-state index contributed by atoms with van der Waals surface area (Å²) < 4.78 is 55.1. The number of alkyl halides is 2. The molecule has 3 aromatic rings. The number of anilines is 2. The van der Waals surface area contributed by atoms with Crippen LogP contribution in [0.2, 0.25) is 0 Å². The van der Waals surface area contributed by atoms with Crippen LogP contribution in [0, 0.1) is 18.2 Å². The molecule has 2 heterocycles. The second kappa shape index (κ2) is 8.55. The molecular formula is C23H21F3N4O2. The molecule has 1 saturated heterocycles. The number of terminal acetylenes is 1. The Balaban J connectivity index is 1.80. The Morgan fingerprint density at radius 2 is 2.09 bits per heavy atom. The molecule has 0 spiro atoms. The highest BCUT2D eigenvalue weighted by Gasteiger charge is 2.45. The number of halogens is 3. The molecule has 2 aromatic carbocycles. The minimum absolute atomic E-state index is 0.0810. The van der Waals surface area contributed by atoms with Gasteiger partial charge in [-0.2, -0.15) is 0 Å². The molecule has 1 aliphatic rings. The number of nitrogens with one attached hydrogen (secondary N) is 1. The van der Waals surface area contributed by atoms with Crippen molar-refractivity contribution in [2.45, 2.75) is 18.4 Å². The molecule has 1 aromatic heterocycles. The smallest absolute Gasteiger partial charge is 0.296 e. The average molecular weight is 442 g/mol. The highest BCUT2D eigenvalue weighted by molar-refractivity contribution is 5.96. The Morgan fingerprint density at radius 1 is 1.28 bits per heavy atom. The van der Waals surface area contributed by atoms with Crippen LogP contribution >= 0.6 is 0 Å². The summed E-state index contributed by atoms with van der Waals surface area (Å²) in [6, 6.07) is 7.69. The van der Waals surface area contributed by atoms with Crippen molar-refractivity contribution in [2.75, 3.05) is 32.6 Å². The van der Waals surface area contributed by atoms with Gasteiger partial charge >= 0.3 is 0 Å². The first-order valence-electron chi connectivity index (χ1n) is 9.90. The number of ether oxygens (including phenoxy) is 2. The summed E-state index contributed by atoms with van der Waals surface area (Å²) in [5.41, 5.74) is 0.561. The van der Waals surface area contributed by atoms with Crippen molar-refractivity contribution < 1.29 is 22.6 Å². The van der Waals surface area contributed by atoms with Crippen LogP contribution in [0.15, 0.2) is 36.7 Å². The molecule has 1 N–H and O–H groups in total. The van der Waals surface area contributed by atoms with Crippen molar-refractivity contribution in [1.82, 2.24) is 14.9 Å². The van der Waals surface area contributed by atoms with Gasteiger partial charge < -0.3 is 19.7 Å². The molecule has 1 fully saturated rings. The molecule has 4 rings (SSSR count). The Kier molecular flexibility index (Phi) is 5.80. The lowest BCUT2D eigenvalue weighted by Gasteiger charge is -2.36. The van der Waals surface area contributed by atoms with E-state index in [-0.39, 0.29) is 29.2 Å². The monoisotopic (exact) mass is 442 g/mol. The van der Waals surface area contributed by atoms with Crippen LogP contribution in [-0.4, -0.2) is 54.1 Å². The number of benzene rings is 2. The lowest BCUT2D eigenvalue weighted by molar-refractivity contribution is -0.134. The van der Waals surface area contributed by atoms with Gasteiger partial charge in [-0.3, -0.25) is 0 Å². The molecule has 32 heavy (non-hydrogen) atoms. The Labute approximate surface area is 183 Å². The van der Waals surface area contributed by atoms with Crippen molar-refractivity contribution in [3.05, 3.63) is 48.0 Å². The van der Waals surface area contributed by atoms with E-state index < -0.39 is 24.4 Å². The minimum Gasteiger partial charge on any atom is -0.497 e. The molecule has 0 radical (unpaired) electrons. The number of piperidine rings is 1. The summed E-state index contributed by atoms with van der Waals surface area (Å²) in [6.07, 6.45) is 5.42. The standard InChI is InChI=1S/C23H21F3N4O2/c1-4-14-6-5-7-16(21(14)24)29-22-20-17(27-13-28-22)10-15(31-3)11-18(20)32-19-8-9-30(2)12-23(19,25)26/h1,5-7,10-11,13,19H,8-9,12H2,2-3H3,(H,27,28,29)/t19-/m0/s1. The minimum atomic E-state index is -3.06. The largest absolute Gasteiger partial charge is 0.497 e. The zero-order chi connectivity index (χ0) is 22.9. The van der Waals surface area contributed by atoms with Crippen molar-refractivity contribution in [1.29, 1.82) is 0 Å². The molecule has 0 aliphatic carbocycles. The summed E-state index contributed by atoms with van der Waals surface area (Å²) in [5, 5.41) is 3.22. The van der Waals surface area contributed by atoms with E-state index in [0.29, 0.717) is 23.2 Å². The maximum absolute atomic E-state index is 14.7. The molecular weight excluding hydrogens is 421 g/mol. The average Bonchev–Trinajstić information content (AvgIpc) is 2.76. The molecule has 0 unspecified atom stereocenters. The van der Waals surface area contributed by atoms with Gasteiger partial charge in [-0.25, -0.2) is 23.1 Å². The summed E-state index contributed by atoms with van der Waals surface area (Å²) in [7, 11) is 3.09. The number of hydrogen-bond donors (Lipinski definition) is 1. The van der Waals surface area contributed by atoms with Gasteiger partial charge in [-0.1, -0.05) is 12.0 Å². The predicted octanol–water partition coefficient (Wildman–Crippen LogP) is 4.22. The Morgan fingerprint density at radius 3 is 2.81 bits per heavy atom. The fourth-order valence-corrected chi connectivity index (χ4v) is 3.69. The molecule has 0 amide bonds. The van der Waals surface area contributed by atoms with Gasteiger partial charge in [0.2, 0.25) is 0 Å². The van der Waals surface area contributed by atoms with E-state index in [0.717, 1.165) is 0 Å². The van der Waals surface area contributed by atoms with Gasteiger partial charge in [-0.05, 0) is 19.2 Å². The lowest BCUT2D eigenvalue weighted by atomic mass is 10.0. The van der Waals surface area contributed by atoms with Crippen LogP contribution < -0.4 is 14.8 Å². The zero-order valence-corrected chi connectivity index (χ0v) is 17.5. The Bertz CT molecular complexity index is 1200. The maximum atomic E-state index is 14.7. The van der Waals surface area contributed by atoms with Crippen LogP contribution in [0.1, 0.15) is 12.0 Å². The van der Waals surface area contributed by atoms with E-state index in [2.05, 4.69) is 21.2 Å². The Hall–Kier alpha value is -3.51. The number of nitrogens with zero attached hydrogens (tertiary/aromatic N) is 3. The van der Waals surface area contributed by atoms with E-state index in [1.165, 1.54) is 31.6 Å². The number of fused-ring (bicyclic) bond motifs is 1. The van der Waals surface area contributed by atoms with Gasteiger partial charge in [0, 0.05) is 25.1 Å². The van der Waals surface area contributed by atoms with E-state index >= 15 is 0 Å². The number of methoxy groups -OCH3 is 1. The summed E-state index contributed by atoms with van der Waals surface area (Å²) in [6.45, 7) is 0.0547. The zero-order valence-electron chi connectivity index (χ0n) is 17.5. The van der Waals surface area contributed by atoms with Crippen LogP contribution in [0.25, 0.3) is 10.9 Å². The molecule has 1 aliphatic heterocycles. The summed E-state index contributed by atoms with van der Waals surface area (Å²) in [4.78, 5) is 9.97. The predicted molar refractivity (Wildman–Crippen MR) is 115 cm³/mol. The van der Waals surface area contributed by atoms with Crippen LogP contribution in [0.4, 0.5) is 24.7 Å². The maximum Gasteiger partial charge on any atom is 0.296 e. The SMILES string of the molecule is C#Cc1cccc(Nc2ncnc3cc(OC)cc(O[C@H]4CCN(C)CC4(F)F)c23)c1F. The van der Waals surface area contributed by atoms with Crippen LogP contribution in [0.5, 0.6) is 11.5 Å². The topological polar surface area (TPSA) is 59.5 Å². The van der Waals surface area contributed by atoms with Crippen molar-refractivity contribution in [2.24, 2.45) is 0 Å². The van der Waals surface area contributed by atoms with E-state index in [9.17, 15) is 13.2 Å². The highest BCUT2D eigenvalue weighted by Crippen LogP contribution is 2.39. The summed E-state index contributed by atoms with van der Waals surface area (Å²) in [5.74, 6) is -0.716. The third-order valence-electron chi connectivity index (χ3n) is 5.31. The number of rotatable bonds is 5. The van der Waals surface area contributed by atoms with Gasteiger partial charge in [0.05, 0.1) is 35.8 Å². The van der Waals surface area contributed by atoms with Gasteiger partial charge in [0.25, 0.3) is 5.92 Å². The molecule has 166 valence electrons. The second-order valence-corrected chi connectivity index (χ2v) is 7.57. The van der Waals surface area contributed by atoms with Crippen molar-refractivity contribution in [3.63, 3.8) is 0 Å². The van der Waals surface area contributed by atoms with Crippen LogP contribution in [-0.2, 0) is 0 Å². The molecule has 6 nitrogen and oxygen atoms in total. The highest BCUT2D eigenvalue weighted by atomic mass is 19.3. The molecule has 9 heteroatoms. The van der Waals surface area contributed by atoms with Gasteiger partial charge in [0.15, 0.2) is 11.9 Å². The van der Waals surface area contributed by atoms with Crippen LogP contribution in [0.3, 0.4) is 0 Å². The third kappa shape index (κ3) is 4.14. The first-order chi connectivity index (χ1) is 15.3. The number of aromatic nitrogens is 2. The molecule has 0 saturated carbocycles. The van der Waals surface area contributed by atoms with E-state index in [1.54, 1.807) is 24.1 Å². The molecule has 1 atom stereocenters. The lowest BCUT2D eigenvalue weighted by Crippen LogP contribution is -2.52.